The van der Waals surface area contributed by atoms with Gasteiger partial charge < -0.3 is 14.6 Å². The molecule has 0 bridgehead atoms. The summed E-state index contributed by atoms with van der Waals surface area (Å²) >= 11 is 1.23. The van der Waals surface area contributed by atoms with Crippen molar-refractivity contribution in [1.29, 1.82) is 0 Å². The molecule has 0 radical (unpaired) electrons. The minimum Gasteiger partial charge on any atom is -0.503 e. The number of carbonyl (C=O) groups is 2. The van der Waals surface area contributed by atoms with E-state index in [2.05, 4.69) is 9.97 Å². The van der Waals surface area contributed by atoms with Gasteiger partial charge in [0.15, 0.2) is 17.3 Å². The second kappa shape index (κ2) is 7.21. The summed E-state index contributed by atoms with van der Waals surface area (Å²) in [5.41, 5.74) is 1.45. The molecule has 1 unspecified atom stereocenters. The average Bonchev–Trinajstić information content (AvgIpc) is 3.44. The lowest BCUT2D eigenvalue weighted by molar-refractivity contribution is -0.117. The third-order valence-corrected chi connectivity index (χ3v) is 6.24. The lowest BCUT2D eigenvalue weighted by Gasteiger charge is -2.26. The number of pyridine rings is 1. The minimum atomic E-state index is -0.900. The fraction of sp³-hybridized carbons (Fsp3) is 0.182. The number of benzene rings is 1. The molecule has 1 amide bonds. The first-order valence-corrected chi connectivity index (χ1v) is 10.3. The van der Waals surface area contributed by atoms with Gasteiger partial charge in [-0.1, -0.05) is 6.07 Å². The molecule has 1 atom stereocenters. The van der Waals surface area contributed by atoms with Crippen molar-refractivity contribution in [3.05, 3.63) is 75.2 Å². The van der Waals surface area contributed by atoms with E-state index >= 15 is 0 Å². The Bertz CT molecular complexity index is 1250. The number of thiazole rings is 1. The van der Waals surface area contributed by atoms with Crippen LogP contribution in [0.2, 0.25) is 0 Å². The number of ether oxygens (including phenoxy) is 2. The molecule has 2 aliphatic heterocycles. The number of aromatic nitrogens is 2. The minimum absolute atomic E-state index is 0.0203. The number of hydrogen-bond acceptors (Lipinski definition) is 8. The number of Topliss-reactive ketones (excluding diaryl/α,β-unsaturated/α-hetero) is 1. The molecule has 9 heteroatoms. The highest BCUT2D eigenvalue weighted by Crippen LogP contribution is 2.44. The zero-order chi connectivity index (χ0) is 21.7. The maximum absolute atomic E-state index is 13.5. The smallest absolute Gasteiger partial charge is 0.294 e. The SMILES string of the molecule is Cc1nc(C)c(C(=O)C2=C(O)C(=O)N(c3ccc4c(c3)OCO4)C2c2ccccn2)s1. The number of aliphatic hydroxyl groups is 1. The van der Waals surface area contributed by atoms with Crippen LogP contribution in [0.3, 0.4) is 0 Å². The molecule has 0 aliphatic carbocycles. The summed E-state index contributed by atoms with van der Waals surface area (Å²) in [5, 5.41) is 11.5. The summed E-state index contributed by atoms with van der Waals surface area (Å²) in [4.78, 5) is 37.1. The molecule has 2 aliphatic rings. The maximum atomic E-state index is 13.5. The zero-order valence-electron chi connectivity index (χ0n) is 16.7. The lowest BCUT2D eigenvalue weighted by atomic mass is 9.98. The van der Waals surface area contributed by atoms with Gasteiger partial charge in [0.2, 0.25) is 12.6 Å². The molecule has 0 saturated heterocycles. The average molecular weight is 435 g/mol. The predicted octanol–water partition coefficient (Wildman–Crippen LogP) is 3.67. The summed E-state index contributed by atoms with van der Waals surface area (Å²) in [6.07, 6.45) is 1.58. The predicted molar refractivity (Wildman–Crippen MR) is 113 cm³/mol. The Morgan fingerprint density at radius 3 is 2.71 bits per heavy atom. The maximum Gasteiger partial charge on any atom is 0.294 e. The van der Waals surface area contributed by atoms with E-state index in [9.17, 15) is 14.7 Å². The summed E-state index contributed by atoms with van der Waals surface area (Å²) in [6, 6.07) is 9.35. The highest BCUT2D eigenvalue weighted by Gasteiger charge is 2.46. The van der Waals surface area contributed by atoms with E-state index in [-0.39, 0.29) is 12.4 Å². The molecule has 4 heterocycles. The van der Waals surface area contributed by atoms with Crippen LogP contribution < -0.4 is 14.4 Å². The number of fused-ring (bicyclic) bond motifs is 1. The summed E-state index contributed by atoms with van der Waals surface area (Å²) in [5.74, 6) is -0.666. The quantitative estimate of drug-likeness (QED) is 0.624. The molecule has 0 saturated carbocycles. The van der Waals surface area contributed by atoms with Crippen molar-refractivity contribution in [1.82, 2.24) is 9.97 Å². The number of amides is 1. The van der Waals surface area contributed by atoms with Gasteiger partial charge in [-0.05, 0) is 38.1 Å². The Kier molecular flexibility index (Phi) is 4.48. The van der Waals surface area contributed by atoms with Crippen molar-refractivity contribution in [2.24, 2.45) is 0 Å². The first-order valence-electron chi connectivity index (χ1n) is 9.51. The molecular formula is C22H17N3O5S. The van der Waals surface area contributed by atoms with Crippen LogP contribution in [0.1, 0.15) is 32.1 Å². The van der Waals surface area contributed by atoms with E-state index in [0.29, 0.717) is 33.5 Å². The highest BCUT2D eigenvalue weighted by molar-refractivity contribution is 7.14. The van der Waals surface area contributed by atoms with Crippen LogP contribution in [0, 0.1) is 13.8 Å². The highest BCUT2D eigenvalue weighted by atomic mass is 32.1. The Hall–Kier alpha value is -3.72. The number of aliphatic hydroxyl groups excluding tert-OH is 1. The van der Waals surface area contributed by atoms with Crippen molar-refractivity contribution >= 4 is 28.7 Å². The van der Waals surface area contributed by atoms with E-state index in [1.165, 1.54) is 16.2 Å². The standard InChI is InChI=1S/C22H17N3O5S/c1-11-21(31-12(2)24-11)19(26)17-18(14-5-3-4-8-23-14)25(22(28)20(17)27)13-6-7-15-16(9-13)30-10-29-15/h3-9,18,27H,10H2,1-2H3. The first kappa shape index (κ1) is 19.3. The van der Waals surface area contributed by atoms with Crippen LogP contribution in [-0.4, -0.2) is 33.6 Å². The number of anilines is 1. The molecule has 3 aromatic rings. The molecule has 2 aromatic heterocycles. The van der Waals surface area contributed by atoms with Crippen molar-refractivity contribution in [3.8, 4) is 11.5 Å². The van der Waals surface area contributed by atoms with E-state index in [4.69, 9.17) is 9.47 Å². The van der Waals surface area contributed by atoms with Crippen LogP contribution >= 0.6 is 11.3 Å². The molecule has 5 rings (SSSR count). The molecule has 1 N–H and O–H groups in total. The van der Waals surface area contributed by atoms with Crippen molar-refractivity contribution < 1.29 is 24.2 Å². The Morgan fingerprint density at radius 2 is 2.00 bits per heavy atom. The van der Waals surface area contributed by atoms with E-state index in [1.54, 1.807) is 56.4 Å². The first-order chi connectivity index (χ1) is 15.0. The Morgan fingerprint density at radius 1 is 1.19 bits per heavy atom. The topological polar surface area (TPSA) is 102 Å². The van der Waals surface area contributed by atoms with E-state index in [0.717, 1.165) is 5.01 Å². The largest absolute Gasteiger partial charge is 0.503 e. The molecule has 0 fully saturated rings. The van der Waals surface area contributed by atoms with Gasteiger partial charge in [0.05, 0.1) is 26.8 Å². The third kappa shape index (κ3) is 3.05. The van der Waals surface area contributed by atoms with Crippen LogP contribution in [0.15, 0.2) is 53.9 Å². The van der Waals surface area contributed by atoms with Gasteiger partial charge in [0.1, 0.15) is 6.04 Å². The number of carbonyl (C=O) groups excluding carboxylic acids is 2. The van der Waals surface area contributed by atoms with Gasteiger partial charge in [0.25, 0.3) is 5.91 Å². The molecule has 31 heavy (non-hydrogen) atoms. The third-order valence-electron chi connectivity index (χ3n) is 5.16. The van der Waals surface area contributed by atoms with E-state index < -0.39 is 23.5 Å². The second-order valence-electron chi connectivity index (χ2n) is 7.11. The summed E-state index contributed by atoms with van der Waals surface area (Å²) in [6.45, 7) is 3.63. The Labute approximate surface area is 181 Å². The fourth-order valence-corrected chi connectivity index (χ4v) is 4.69. The number of nitrogens with zero attached hydrogens (tertiary/aromatic N) is 3. The zero-order valence-corrected chi connectivity index (χ0v) is 17.5. The van der Waals surface area contributed by atoms with Gasteiger partial charge in [0, 0.05) is 18.0 Å². The molecule has 0 spiro atoms. The summed E-state index contributed by atoms with van der Waals surface area (Å²) < 4.78 is 10.8. The van der Waals surface area contributed by atoms with Gasteiger partial charge in [-0.2, -0.15) is 0 Å². The monoisotopic (exact) mass is 435 g/mol. The van der Waals surface area contributed by atoms with Gasteiger partial charge in [-0.3, -0.25) is 19.5 Å². The fourth-order valence-electron chi connectivity index (χ4n) is 3.82. The van der Waals surface area contributed by atoms with Crippen molar-refractivity contribution in [2.45, 2.75) is 19.9 Å². The van der Waals surface area contributed by atoms with Gasteiger partial charge in [-0.25, -0.2) is 4.98 Å². The number of ketones is 1. The summed E-state index contributed by atoms with van der Waals surface area (Å²) in [7, 11) is 0. The molecule has 8 nitrogen and oxygen atoms in total. The van der Waals surface area contributed by atoms with E-state index in [1.807, 2.05) is 0 Å². The number of hydrogen-bond donors (Lipinski definition) is 1. The van der Waals surface area contributed by atoms with Crippen molar-refractivity contribution in [2.75, 3.05) is 11.7 Å². The number of aryl methyl sites for hydroxylation is 2. The van der Waals surface area contributed by atoms with Crippen LogP contribution in [-0.2, 0) is 4.79 Å². The molecule has 156 valence electrons. The van der Waals surface area contributed by atoms with Crippen LogP contribution in [0.4, 0.5) is 5.69 Å². The van der Waals surface area contributed by atoms with Crippen molar-refractivity contribution in [3.63, 3.8) is 0 Å². The van der Waals surface area contributed by atoms with Gasteiger partial charge in [-0.15, -0.1) is 11.3 Å². The normalized spacial score (nSPS) is 17.5. The molecule has 1 aromatic carbocycles. The Balaban J connectivity index is 1.66. The second-order valence-corrected chi connectivity index (χ2v) is 8.31. The van der Waals surface area contributed by atoms with Crippen LogP contribution in [0.25, 0.3) is 0 Å². The molecular weight excluding hydrogens is 418 g/mol. The van der Waals surface area contributed by atoms with Gasteiger partial charge >= 0.3 is 0 Å². The van der Waals surface area contributed by atoms with Crippen LogP contribution in [0.5, 0.6) is 11.5 Å². The lowest BCUT2D eigenvalue weighted by Crippen LogP contribution is -2.31. The number of rotatable bonds is 4.